The van der Waals surface area contributed by atoms with E-state index >= 15 is 0 Å². The molecule has 1 aromatic heterocycles. The predicted molar refractivity (Wildman–Crippen MR) is 111 cm³/mol. The van der Waals surface area contributed by atoms with Crippen LogP contribution in [0.25, 0.3) is 16.5 Å². The van der Waals surface area contributed by atoms with Gasteiger partial charge in [0.2, 0.25) is 0 Å². The molecule has 0 bridgehead atoms. The summed E-state index contributed by atoms with van der Waals surface area (Å²) in [7, 11) is 0. The molecule has 3 aromatic rings. The minimum Gasteiger partial charge on any atom is -0.361 e. The molecule has 2 heterocycles. The van der Waals surface area contributed by atoms with Gasteiger partial charge in [0.1, 0.15) is 0 Å². The normalized spacial score (nSPS) is 13.5. The van der Waals surface area contributed by atoms with E-state index < -0.39 is 0 Å². The molecular formula is C22H23N3O3. The molecule has 4 rings (SSSR count). The number of fused-ring (bicyclic) bond motifs is 1. The van der Waals surface area contributed by atoms with E-state index in [-0.39, 0.29) is 16.5 Å². The monoisotopic (exact) mass is 377 g/mol. The van der Waals surface area contributed by atoms with Crippen LogP contribution in [-0.2, 0) is 0 Å². The summed E-state index contributed by atoms with van der Waals surface area (Å²) in [6.07, 6.45) is 4.63. The van der Waals surface area contributed by atoms with Crippen LogP contribution < -0.4 is 0 Å². The topological polar surface area (TPSA) is 79.2 Å². The highest BCUT2D eigenvalue weighted by Gasteiger charge is 2.21. The van der Waals surface area contributed by atoms with Crippen molar-refractivity contribution in [2.24, 2.45) is 0 Å². The third-order valence-electron chi connectivity index (χ3n) is 4.74. The molecule has 0 saturated heterocycles. The van der Waals surface area contributed by atoms with Crippen LogP contribution in [0.15, 0.2) is 60.8 Å². The molecule has 144 valence electrons. The number of nitro groups is 1. The van der Waals surface area contributed by atoms with Crippen LogP contribution in [0.1, 0.15) is 36.2 Å². The number of aromatic amines is 1. The van der Waals surface area contributed by atoms with Gasteiger partial charge < -0.3 is 9.88 Å². The Hall–Kier alpha value is -3.41. The number of carbonyl (C=O) groups excluding carboxylic acids is 1. The number of hydrogen-bond acceptors (Lipinski definition) is 3. The van der Waals surface area contributed by atoms with Gasteiger partial charge >= 0.3 is 0 Å². The van der Waals surface area contributed by atoms with Crippen LogP contribution in [0.2, 0.25) is 0 Å². The Morgan fingerprint density at radius 1 is 1.14 bits per heavy atom. The van der Waals surface area contributed by atoms with Crippen molar-refractivity contribution in [3.05, 3.63) is 82.0 Å². The van der Waals surface area contributed by atoms with Crippen LogP contribution in [0.3, 0.4) is 0 Å². The zero-order chi connectivity index (χ0) is 20.1. The van der Waals surface area contributed by atoms with Crippen molar-refractivity contribution in [3.8, 4) is 0 Å². The van der Waals surface area contributed by atoms with E-state index in [1.165, 1.54) is 6.07 Å². The fourth-order valence-corrected chi connectivity index (χ4v) is 3.35. The number of nitrogens with zero attached hydrogens (tertiary/aromatic N) is 2. The van der Waals surface area contributed by atoms with Gasteiger partial charge in [-0.2, -0.15) is 0 Å². The van der Waals surface area contributed by atoms with Crippen LogP contribution >= 0.6 is 0 Å². The van der Waals surface area contributed by atoms with Gasteiger partial charge in [0.15, 0.2) is 0 Å². The van der Waals surface area contributed by atoms with E-state index in [2.05, 4.69) is 4.98 Å². The van der Waals surface area contributed by atoms with Gasteiger partial charge in [-0.3, -0.25) is 14.9 Å². The average molecular weight is 377 g/mol. The van der Waals surface area contributed by atoms with E-state index in [0.29, 0.717) is 25.1 Å². The lowest BCUT2D eigenvalue weighted by molar-refractivity contribution is -0.384. The molecule has 1 aliphatic heterocycles. The maximum absolute atomic E-state index is 12.5. The maximum atomic E-state index is 12.5. The number of non-ortho nitro benzene ring substituents is 1. The first-order valence-electron chi connectivity index (χ1n) is 9.43. The minimum atomic E-state index is -0.383. The van der Waals surface area contributed by atoms with Crippen molar-refractivity contribution in [1.29, 1.82) is 0 Å². The number of nitrogens with one attached hydrogen (secondary N) is 1. The SMILES string of the molecule is CC.O=C(c1ccccc1)N1CC=C(c2c[nH]c3ccc([N+](=O)[O-])cc23)CC1. The summed E-state index contributed by atoms with van der Waals surface area (Å²) in [4.78, 5) is 28.2. The Bertz CT molecular complexity index is 1020. The molecule has 1 aliphatic rings. The molecule has 6 heteroatoms. The number of benzene rings is 2. The van der Waals surface area contributed by atoms with Crippen molar-refractivity contribution < 1.29 is 9.72 Å². The summed E-state index contributed by atoms with van der Waals surface area (Å²) >= 11 is 0. The number of aromatic nitrogens is 1. The third-order valence-corrected chi connectivity index (χ3v) is 4.74. The van der Waals surface area contributed by atoms with Gasteiger partial charge in [0.05, 0.1) is 4.92 Å². The highest BCUT2D eigenvalue weighted by molar-refractivity contribution is 5.96. The summed E-state index contributed by atoms with van der Waals surface area (Å²) in [6, 6.07) is 14.1. The zero-order valence-corrected chi connectivity index (χ0v) is 16.0. The van der Waals surface area contributed by atoms with Crippen molar-refractivity contribution in [1.82, 2.24) is 9.88 Å². The van der Waals surface area contributed by atoms with Gasteiger partial charge in [-0.1, -0.05) is 38.1 Å². The van der Waals surface area contributed by atoms with Gasteiger partial charge in [0, 0.05) is 53.4 Å². The number of rotatable bonds is 3. The van der Waals surface area contributed by atoms with Gasteiger partial charge in [0.25, 0.3) is 11.6 Å². The lowest BCUT2D eigenvalue weighted by Gasteiger charge is -2.26. The van der Waals surface area contributed by atoms with Crippen LogP contribution in [-0.4, -0.2) is 33.8 Å². The Labute approximate surface area is 163 Å². The summed E-state index contributed by atoms with van der Waals surface area (Å²) < 4.78 is 0. The Morgan fingerprint density at radius 2 is 1.89 bits per heavy atom. The summed E-state index contributed by atoms with van der Waals surface area (Å²) in [5, 5.41) is 11.9. The number of hydrogen-bond donors (Lipinski definition) is 1. The van der Waals surface area contributed by atoms with E-state index in [4.69, 9.17) is 0 Å². The zero-order valence-electron chi connectivity index (χ0n) is 16.0. The number of carbonyl (C=O) groups is 1. The molecule has 0 atom stereocenters. The Kier molecular flexibility index (Phi) is 5.89. The highest BCUT2D eigenvalue weighted by Crippen LogP contribution is 2.31. The quantitative estimate of drug-likeness (QED) is 0.513. The highest BCUT2D eigenvalue weighted by atomic mass is 16.6. The van der Waals surface area contributed by atoms with E-state index in [1.807, 2.05) is 61.4 Å². The molecule has 1 amide bonds. The Balaban J connectivity index is 0.00000109. The molecule has 0 radical (unpaired) electrons. The molecule has 0 aliphatic carbocycles. The first kappa shape index (κ1) is 19.4. The second-order valence-electron chi connectivity index (χ2n) is 6.29. The van der Waals surface area contributed by atoms with Crippen molar-refractivity contribution in [2.75, 3.05) is 13.1 Å². The average Bonchev–Trinajstić information content (AvgIpc) is 3.18. The number of amides is 1. The van der Waals surface area contributed by atoms with Gasteiger partial charge in [-0.25, -0.2) is 0 Å². The first-order valence-corrected chi connectivity index (χ1v) is 9.43. The molecule has 0 spiro atoms. The second kappa shape index (κ2) is 8.52. The van der Waals surface area contributed by atoms with Crippen molar-refractivity contribution in [2.45, 2.75) is 20.3 Å². The summed E-state index contributed by atoms with van der Waals surface area (Å²) in [5.74, 6) is 0.0236. The summed E-state index contributed by atoms with van der Waals surface area (Å²) in [5.41, 5.74) is 3.71. The van der Waals surface area contributed by atoms with E-state index in [9.17, 15) is 14.9 Å². The van der Waals surface area contributed by atoms with Crippen LogP contribution in [0.5, 0.6) is 0 Å². The Morgan fingerprint density at radius 3 is 2.54 bits per heavy atom. The lowest BCUT2D eigenvalue weighted by Crippen LogP contribution is -2.34. The van der Waals surface area contributed by atoms with Gasteiger partial charge in [-0.05, 0) is 30.2 Å². The van der Waals surface area contributed by atoms with E-state index in [0.717, 1.165) is 22.0 Å². The van der Waals surface area contributed by atoms with Gasteiger partial charge in [-0.15, -0.1) is 0 Å². The van der Waals surface area contributed by atoms with Crippen LogP contribution in [0, 0.1) is 10.1 Å². The third kappa shape index (κ3) is 3.81. The molecular weight excluding hydrogens is 354 g/mol. The largest absolute Gasteiger partial charge is 0.361 e. The molecule has 0 fully saturated rings. The first-order chi connectivity index (χ1) is 13.6. The predicted octanol–water partition coefficient (Wildman–Crippen LogP) is 5.03. The molecule has 0 unspecified atom stereocenters. The molecule has 6 nitrogen and oxygen atoms in total. The van der Waals surface area contributed by atoms with Crippen molar-refractivity contribution in [3.63, 3.8) is 0 Å². The summed E-state index contributed by atoms with van der Waals surface area (Å²) in [6.45, 7) is 5.16. The van der Waals surface area contributed by atoms with E-state index in [1.54, 1.807) is 12.1 Å². The maximum Gasteiger partial charge on any atom is 0.270 e. The van der Waals surface area contributed by atoms with Crippen LogP contribution in [0.4, 0.5) is 5.69 Å². The number of H-pyrrole nitrogens is 1. The molecule has 28 heavy (non-hydrogen) atoms. The second-order valence-corrected chi connectivity index (χ2v) is 6.29. The lowest BCUT2D eigenvalue weighted by atomic mass is 9.98. The molecule has 0 saturated carbocycles. The van der Waals surface area contributed by atoms with Crippen molar-refractivity contribution >= 4 is 28.1 Å². The fourth-order valence-electron chi connectivity index (χ4n) is 3.35. The minimum absolute atomic E-state index is 0.0236. The molecule has 2 aromatic carbocycles. The molecule has 1 N–H and O–H groups in total. The number of nitro benzene ring substituents is 1. The standard InChI is InChI=1S/C20H17N3O3.C2H6/c24-20(15-4-2-1-3-5-15)22-10-8-14(9-11-22)18-13-21-19-7-6-16(23(25)26)12-17(18)19;1-2/h1-8,12-13,21H,9-11H2;1-2H3. The fraction of sp³-hybridized carbons (Fsp3) is 0.227. The smallest absolute Gasteiger partial charge is 0.270 e.